The van der Waals surface area contributed by atoms with Crippen LogP contribution in [0.5, 0.6) is 0 Å². The molecule has 1 fully saturated rings. The van der Waals surface area contributed by atoms with Gasteiger partial charge in [-0.1, -0.05) is 6.92 Å². The van der Waals surface area contributed by atoms with Crippen molar-refractivity contribution in [1.29, 1.82) is 0 Å². The van der Waals surface area contributed by atoms with Gasteiger partial charge in [0, 0.05) is 48.4 Å². The number of carbonyl (C=O) groups excluding carboxylic acids is 2. The van der Waals surface area contributed by atoms with Crippen LogP contribution in [0, 0.1) is 12.8 Å². The molecule has 1 aliphatic carbocycles. The number of pyridine rings is 3. The maximum absolute atomic E-state index is 13.1. The first-order valence-corrected chi connectivity index (χ1v) is 9.75. The predicted molar refractivity (Wildman–Crippen MR) is 111 cm³/mol. The van der Waals surface area contributed by atoms with E-state index in [1.54, 1.807) is 44.6 Å². The summed E-state index contributed by atoms with van der Waals surface area (Å²) in [5.41, 5.74) is 2.60. The number of hydrogen-bond donors (Lipinski definition) is 1. The maximum atomic E-state index is 13.1. The van der Waals surface area contributed by atoms with Crippen LogP contribution < -0.4 is 10.9 Å². The van der Waals surface area contributed by atoms with Gasteiger partial charge in [0.2, 0.25) is 5.91 Å². The Hall–Kier alpha value is -3.42. The van der Waals surface area contributed by atoms with Crippen molar-refractivity contribution >= 4 is 28.4 Å². The number of anilines is 1. The van der Waals surface area contributed by atoms with Crippen molar-refractivity contribution in [2.75, 3.05) is 5.32 Å². The second-order valence-electron chi connectivity index (χ2n) is 7.56. The number of rotatable bonds is 5. The van der Waals surface area contributed by atoms with E-state index in [1.165, 1.54) is 4.57 Å². The minimum atomic E-state index is -1.09. The molecule has 3 heterocycles. The first-order valence-electron chi connectivity index (χ1n) is 9.75. The number of alkyl halides is 1. The van der Waals surface area contributed by atoms with Crippen molar-refractivity contribution in [2.24, 2.45) is 13.0 Å². The number of carbonyl (C=O) groups is 2. The Bertz CT molecular complexity index is 1250. The predicted octanol–water partition coefficient (Wildman–Crippen LogP) is 3.19. The monoisotopic (exact) mass is 408 g/mol. The Labute approximate surface area is 172 Å². The van der Waals surface area contributed by atoms with Gasteiger partial charge in [-0.05, 0) is 31.0 Å². The lowest BCUT2D eigenvalue weighted by atomic mass is 10.0. The van der Waals surface area contributed by atoms with Crippen LogP contribution >= 0.6 is 0 Å². The average Bonchev–Trinajstić information content (AvgIpc) is 3.47. The molecule has 2 atom stereocenters. The van der Waals surface area contributed by atoms with Crippen LogP contribution in [0.25, 0.3) is 22.0 Å². The molecule has 7 nitrogen and oxygen atoms in total. The quantitative estimate of drug-likeness (QED) is 0.655. The molecule has 30 heavy (non-hydrogen) atoms. The molecule has 1 saturated carbocycles. The molecule has 3 aromatic heterocycles. The summed E-state index contributed by atoms with van der Waals surface area (Å²) in [4.78, 5) is 45.3. The summed E-state index contributed by atoms with van der Waals surface area (Å²) in [6.45, 7) is 3.61. The minimum Gasteiger partial charge on any atom is -0.311 e. The van der Waals surface area contributed by atoms with Crippen LogP contribution in [0.3, 0.4) is 0 Å². The Morgan fingerprint density at radius 2 is 1.93 bits per heavy atom. The van der Waals surface area contributed by atoms with Crippen LogP contribution in [0.15, 0.2) is 35.4 Å². The minimum absolute atomic E-state index is 0.0554. The SMILES string of the molecule is CCC(=O)c1cc(C)c(-c2cc3cnc(NC(=O)[C@@H]4C[C@@H]4F)cc3n(C)c2=O)cn1. The Kier molecular flexibility index (Phi) is 4.93. The van der Waals surface area contributed by atoms with Gasteiger partial charge in [0.1, 0.15) is 17.7 Å². The third-order valence-corrected chi connectivity index (χ3v) is 5.42. The highest BCUT2D eigenvalue weighted by Crippen LogP contribution is 2.34. The second kappa shape index (κ2) is 7.44. The van der Waals surface area contributed by atoms with Crippen LogP contribution in [0.1, 0.15) is 35.8 Å². The highest BCUT2D eigenvalue weighted by Gasteiger charge is 2.43. The molecule has 8 heteroatoms. The topological polar surface area (TPSA) is 94.0 Å². The number of nitrogens with zero attached hydrogens (tertiary/aromatic N) is 3. The summed E-state index contributed by atoms with van der Waals surface area (Å²) >= 11 is 0. The van der Waals surface area contributed by atoms with E-state index in [4.69, 9.17) is 0 Å². The van der Waals surface area contributed by atoms with Gasteiger partial charge in [-0.15, -0.1) is 0 Å². The zero-order valence-corrected chi connectivity index (χ0v) is 16.9. The van der Waals surface area contributed by atoms with E-state index in [-0.39, 0.29) is 23.6 Å². The van der Waals surface area contributed by atoms with E-state index in [0.717, 1.165) is 5.56 Å². The summed E-state index contributed by atoms with van der Waals surface area (Å²) in [5.74, 6) is -0.805. The molecule has 1 amide bonds. The van der Waals surface area contributed by atoms with E-state index in [9.17, 15) is 18.8 Å². The molecule has 0 unspecified atom stereocenters. The molecule has 1 N–H and O–H groups in total. The summed E-state index contributed by atoms with van der Waals surface area (Å²) in [5, 5.41) is 3.31. The number of nitrogens with one attached hydrogen (secondary N) is 1. The van der Waals surface area contributed by atoms with Gasteiger partial charge >= 0.3 is 0 Å². The van der Waals surface area contributed by atoms with Crippen molar-refractivity contribution in [3.63, 3.8) is 0 Å². The van der Waals surface area contributed by atoms with Crippen LogP contribution in [-0.4, -0.2) is 32.4 Å². The first-order chi connectivity index (χ1) is 14.3. The van der Waals surface area contributed by atoms with Gasteiger partial charge < -0.3 is 9.88 Å². The van der Waals surface area contributed by atoms with Crippen molar-refractivity contribution in [2.45, 2.75) is 32.9 Å². The number of aromatic nitrogens is 3. The molecular formula is C22H21FN4O3. The number of Topliss-reactive ketones (excluding diaryl/α,β-unsaturated/α-hetero) is 1. The number of ketones is 1. The molecule has 0 spiro atoms. The van der Waals surface area contributed by atoms with Gasteiger partial charge in [-0.2, -0.15) is 0 Å². The summed E-state index contributed by atoms with van der Waals surface area (Å²) in [6, 6.07) is 5.01. The Morgan fingerprint density at radius 3 is 2.57 bits per heavy atom. The third kappa shape index (κ3) is 3.49. The van der Waals surface area contributed by atoms with E-state index in [2.05, 4.69) is 15.3 Å². The van der Waals surface area contributed by atoms with E-state index < -0.39 is 18.0 Å². The van der Waals surface area contributed by atoms with E-state index in [0.29, 0.717) is 34.1 Å². The molecule has 3 aromatic rings. The molecular weight excluding hydrogens is 387 g/mol. The normalized spacial score (nSPS) is 17.7. The molecule has 0 aliphatic heterocycles. The molecule has 0 aromatic carbocycles. The van der Waals surface area contributed by atoms with Crippen LogP contribution in [0.2, 0.25) is 0 Å². The van der Waals surface area contributed by atoms with Crippen molar-refractivity contribution in [3.05, 3.63) is 52.2 Å². The van der Waals surface area contributed by atoms with Gasteiger partial charge in [0.25, 0.3) is 5.56 Å². The van der Waals surface area contributed by atoms with Crippen LogP contribution in [0.4, 0.5) is 10.2 Å². The Balaban J connectivity index is 1.73. The van der Waals surface area contributed by atoms with Gasteiger partial charge in [0.15, 0.2) is 5.78 Å². The van der Waals surface area contributed by atoms with Gasteiger partial charge in [0.05, 0.1) is 11.4 Å². The lowest BCUT2D eigenvalue weighted by Crippen LogP contribution is -2.20. The average molecular weight is 408 g/mol. The Morgan fingerprint density at radius 1 is 1.20 bits per heavy atom. The number of fused-ring (bicyclic) bond motifs is 1. The number of hydrogen-bond acceptors (Lipinski definition) is 5. The molecule has 0 saturated heterocycles. The smallest absolute Gasteiger partial charge is 0.258 e. The van der Waals surface area contributed by atoms with E-state index in [1.807, 2.05) is 6.92 Å². The highest BCUT2D eigenvalue weighted by atomic mass is 19.1. The molecule has 4 rings (SSSR count). The fraction of sp³-hybridized carbons (Fsp3) is 0.318. The maximum Gasteiger partial charge on any atom is 0.258 e. The molecule has 154 valence electrons. The fourth-order valence-electron chi connectivity index (χ4n) is 3.45. The lowest BCUT2D eigenvalue weighted by Gasteiger charge is -2.12. The van der Waals surface area contributed by atoms with Gasteiger partial charge in [-0.3, -0.25) is 19.4 Å². The van der Waals surface area contributed by atoms with Crippen molar-refractivity contribution < 1.29 is 14.0 Å². The molecule has 1 aliphatic rings. The van der Waals surface area contributed by atoms with Gasteiger partial charge in [-0.25, -0.2) is 9.37 Å². The first kappa shape index (κ1) is 19.9. The highest BCUT2D eigenvalue weighted by molar-refractivity contribution is 5.96. The van der Waals surface area contributed by atoms with E-state index >= 15 is 0 Å². The zero-order valence-electron chi connectivity index (χ0n) is 16.9. The standard InChI is InChI=1S/C22H21FN4O3/c1-4-19(28)17-5-11(2)15(10-24-17)13-6-12-9-25-20(8-18(12)27(3)22(13)30)26-21(29)14-7-16(14)23/h5-6,8-10,14,16H,4,7H2,1-3H3,(H,25,26,29)/t14-,16+/m1/s1. The zero-order chi connectivity index (χ0) is 21.6. The summed E-state index contributed by atoms with van der Waals surface area (Å²) < 4.78 is 14.5. The number of halogens is 1. The summed E-state index contributed by atoms with van der Waals surface area (Å²) in [6.07, 6.45) is 2.61. The fourth-order valence-corrected chi connectivity index (χ4v) is 3.45. The summed E-state index contributed by atoms with van der Waals surface area (Å²) in [7, 11) is 1.63. The molecule has 0 radical (unpaired) electrons. The largest absolute Gasteiger partial charge is 0.311 e. The van der Waals surface area contributed by atoms with Crippen LogP contribution in [-0.2, 0) is 11.8 Å². The van der Waals surface area contributed by atoms with Crippen molar-refractivity contribution in [1.82, 2.24) is 14.5 Å². The number of amides is 1. The number of aryl methyl sites for hydroxylation is 2. The second-order valence-corrected chi connectivity index (χ2v) is 7.56. The third-order valence-electron chi connectivity index (χ3n) is 5.42. The van der Waals surface area contributed by atoms with Crippen molar-refractivity contribution in [3.8, 4) is 11.1 Å². The molecule has 0 bridgehead atoms. The lowest BCUT2D eigenvalue weighted by molar-refractivity contribution is -0.117.